The lowest BCUT2D eigenvalue weighted by Gasteiger charge is -2.21. The van der Waals surface area contributed by atoms with Crippen LogP contribution in [0.2, 0.25) is 0 Å². The molecule has 1 aliphatic heterocycles. The van der Waals surface area contributed by atoms with Gasteiger partial charge < -0.3 is 20.1 Å². The van der Waals surface area contributed by atoms with Crippen LogP contribution in [-0.2, 0) is 22.6 Å². The third-order valence-corrected chi connectivity index (χ3v) is 6.81. The van der Waals surface area contributed by atoms with E-state index in [1.165, 1.54) is 11.1 Å². The number of carboxylic acids is 1. The second-order valence-electron chi connectivity index (χ2n) is 9.09. The smallest absolute Gasteiger partial charge is 0.407 e. The lowest BCUT2D eigenvalue weighted by atomic mass is 9.98. The fraction of sp³-hybridized carbons (Fsp3) is 0.250. The van der Waals surface area contributed by atoms with E-state index in [0.717, 1.165) is 22.3 Å². The van der Waals surface area contributed by atoms with Crippen molar-refractivity contribution in [2.75, 3.05) is 13.2 Å². The Kier molecular flexibility index (Phi) is 5.99. The van der Waals surface area contributed by atoms with E-state index in [9.17, 15) is 19.5 Å². The van der Waals surface area contributed by atoms with Crippen LogP contribution in [-0.4, -0.2) is 41.1 Å². The fourth-order valence-corrected chi connectivity index (χ4v) is 4.97. The van der Waals surface area contributed by atoms with Crippen molar-refractivity contribution in [3.63, 3.8) is 0 Å². The highest BCUT2D eigenvalue weighted by molar-refractivity contribution is 5.88. The van der Waals surface area contributed by atoms with Crippen molar-refractivity contribution in [2.24, 2.45) is 5.92 Å². The van der Waals surface area contributed by atoms with Crippen LogP contribution in [0.25, 0.3) is 11.1 Å². The molecule has 0 fully saturated rings. The van der Waals surface area contributed by atoms with Crippen LogP contribution in [0.3, 0.4) is 0 Å². The number of nitrogens with zero attached hydrogens (tertiary/aromatic N) is 1. The summed E-state index contributed by atoms with van der Waals surface area (Å²) in [6, 6.07) is 21.2. The Morgan fingerprint density at radius 2 is 1.60 bits per heavy atom. The van der Waals surface area contributed by atoms with Gasteiger partial charge in [-0.2, -0.15) is 0 Å². The minimum absolute atomic E-state index is 0.0222. The summed E-state index contributed by atoms with van der Waals surface area (Å²) in [5, 5.41) is 11.9. The van der Waals surface area contributed by atoms with Gasteiger partial charge in [0, 0.05) is 25.6 Å². The molecular formula is C28H26N2O5. The molecule has 0 saturated heterocycles. The molecule has 35 heavy (non-hydrogen) atoms. The molecule has 0 spiro atoms. The van der Waals surface area contributed by atoms with E-state index in [1.54, 1.807) is 30.0 Å². The van der Waals surface area contributed by atoms with Gasteiger partial charge in [-0.1, -0.05) is 61.5 Å². The van der Waals surface area contributed by atoms with Crippen LogP contribution in [0.5, 0.6) is 0 Å². The number of rotatable bonds is 6. The highest BCUT2D eigenvalue weighted by Gasteiger charge is 2.30. The number of carboxylic acid groups (broad SMARTS) is 1. The van der Waals surface area contributed by atoms with Crippen LogP contribution in [0.15, 0.2) is 66.7 Å². The first-order chi connectivity index (χ1) is 16.9. The number of carbonyl (C=O) groups is 3. The first-order valence-corrected chi connectivity index (χ1v) is 11.6. The minimum atomic E-state index is -0.988. The van der Waals surface area contributed by atoms with Gasteiger partial charge in [0.15, 0.2) is 0 Å². The molecule has 1 unspecified atom stereocenters. The highest BCUT2D eigenvalue weighted by Crippen LogP contribution is 2.44. The van der Waals surface area contributed by atoms with Gasteiger partial charge in [-0.15, -0.1) is 0 Å². The van der Waals surface area contributed by atoms with Crippen molar-refractivity contribution in [3.8, 4) is 11.1 Å². The van der Waals surface area contributed by atoms with Crippen molar-refractivity contribution in [2.45, 2.75) is 25.9 Å². The number of alkyl carbamates (subject to hydrolysis) is 1. The Hall–Kier alpha value is -4.13. The molecule has 0 saturated carbocycles. The number of hydrogen-bond acceptors (Lipinski definition) is 4. The molecule has 0 radical (unpaired) electrons. The number of aromatic carboxylic acids is 1. The third kappa shape index (κ3) is 4.37. The maximum absolute atomic E-state index is 12.9. The Morgan fingerprint density at radius 1 is 0.971 bits per heavy atom. The summed E-state index contributed by atoms with van der Waals surface area (Å²) in [6.45, 7) is 2.93. The van der Waals surface area contributed by atoms with Gasteiger partial charge in [0.05, 0.1) is 11.5 Å². The van der Waals surface area contributed by atoms with Gasteiger partial charge >= 0.3 is 12.1 Å². The standard InChI is InChI=1S/C28H26N2O5/c1-17(26(31)30-14-19-11-10-18(27(32)33)12-20(19)15-30)13-29-28(34)35-16-25-23-8-4-2-6-21(23)22-7-3-5-9-24(22)25/h2-12,17,25H,13-16H2,1H3,(H,29,34)(H,32,33). The summed E-state index contributed by atoms with van der Waals surface area (Å²) in [7, 11) is 0. The molecule has 2 aliphatic rings. The summed E-state index contributed by atoms with van der Waals surface area (Å²) in [4.78, 5) is 38.2. The molecular weight excluding hydrogens is 444 g/mol. The second kappa shape index (κ2) is 9.25. The molecule has 1 atom stereocenters. The van der Waals surface area contributed by atoms with Crippen molar-refractivity contribution in [3.05, 3.63) is 94.5 Å². The molecule has 178 valence electrons. The molecule has 2 N–H and O–H groups in total. The Balaban J connectivity index is 1.14. The number of hydrogen-bond donors (Lipinski definition) is 2. The normalized spacial score (nSPS) is 14.6. The SMILES string of the molecule is CC(CNC(=O)OCC1c2ccccc2-c2ccccc21)C(=O)N1Cc2ccc(C(=O)O)cc2C1. The minimum Gasteiger partial charge on any atom is -0.478 e. The lowest BCUT2D eigenvalue weighted by Crippen LogP contribution is -2.38. The summed E-state index contributed by atoms with van der Waals surface area (Å²) < 4.78 is 5.55. The van der Waals surface area contributed by atoms with Gasteiger partial charge in [0.25, 0.3) is 0 Å². The Bertz CT molecular complexity index is 1270. The maximum atomic E-state index is 12.9. The molecule has 7 heteroatoms. The van der Waals surface area contributed by atoms with Gasteiger partial charge in [-0.25, -0.2) is 9.59 Å². The average molecular weight is 471 g/mol. The summed E-state index contributed by atoms with van der Waals surface area (Å²) in [5.74, 6) is -1.55. The number of carbonyl (C=O) groups excluding carboxylic acids is 2. The highest BCUT2D eigenvalue weighted by atomic mass is 16.5. The number of ether oxygens (including phenoxy) is 1. The van der Waals surface area contributed by atoms with Gasteiger partial charge in [-0.3, -0.25) is 4.79 Å². The summed E-state index contributed by atoms with van der Waals surface area (Å²) in [5.41, 5.74) is 6.62. The van der Waals surface area contributed by atoms with Crippen molar-refractivity contribution >= 4 is 18.0 Å². The zero-order valence-electron chi connectivity index (χ0n) is 19.4. The predicted molar refractivity (Wildman–Crippen MR) is 130 cm³/mol. The van der Waals surface area contributed by atoms with E-state index in [4.69, 9.17) is 4.74 Å². The van der Waals surface area contributed by atoms with E-state index in [1.807, 2.05) is 24.3 Å². The van der Waals surface area contributed by atoms with Gasteiger partial charge in [0.1, 0.15) is 6.61 Å². The average Bonchev–Trinajstić information content (AvgIpc) is 3.44. The maximum Gasteiger partial charge on any atom is 0.407 e. The largest absolute Gasteiger partial charge is 0.478 e. The molecule has 3 aromatic carbocycles. The zero-order valence-corrected chi connectivity index (χ0v) is 19.4. The fourth-order valence-electron chi connectivity index (χ4n) is 4.97. The lowest BCUT2D eigenvalue weighted by molar-refractivity contribution is -0.135. The van der Waals surface area contributed by atoms with Crippen molar-refractivity contribution in [1.82, 2.24) is 10.2 Å². The van der Waals surface area contributed by atoms with Crippen LogP contribution in [0.1, 0.15) is 45.5 Å². The number of benzene rings is 3. The summed E-state index contributed by atoms with van der Waals surface area (Å²) in [6.07, 6.45) is -0.553. The first-order valence-electron chi connectivity index (χ1n) is 11.6. The zero-order chi connectivity index (χ0) is 24.5. The van der Waals surface area contributed by atoms with E-state index in [-0.39, 0.29) is 30.5 Å². The van der Waals surface area contributed by atoms with Crippen molar-refractivity contribution in [1.29, 1.82) is 0 Å². The number of nitrogens with one attached hydrogen (secondary N) is 1. The van der Waals surface area contributed by atoms with Crippen molar-refractivity contribution < 1.29 is 24.2 Å². The van der Waals surface area contributed by atoms with E-state index >= 15 is 0 Å². The first kappa shape index (κ1) is 22.7. The molecule has 0 bridgehead atoms. The van der Waals surface area contributed by atoms with Crippen LogP contribution in [0, 0.1) is 5.92 Å². The molecule has 1 aliphatic carbocycles. The van der Waals surface area contributed by atoms with E-state index in [0.29, 0.717) is 13.1 Å². The topological polar surface area (TPSA) is 95.9 Å². The summed E-state index contributed by atoms with van der Waals surface area (Å²) >= 11 is 0. The van der Waals surface area contributed by atoms with Crippen LogP contribution in [0.4, 0.5) is 4.79 Å². The molecule has 1 heterocycles. The monoisotopic (exact) mass is 470 g/mol. The Labute approximate surface area is 203 Å². The number of amides is 2. The van der Waals surface area contributed by atoms with Crippen LogP contribution >= 0.6 is 0 Å². The molecule has 7 nitrogen and oxygen atoms in total. The van der Waals surface area contributed by atoms with Gasteiger partial charge in [-0.05, 0) is 45.5 Å². The quantitative estimate of drug-likeness (QED) is 0.557. The Morgan fingerprint density at radius 3 is 2.26 bits per heavy atom. The molecule has 0 aromatic heterocycles. The van der Waals surface area contributed by atoms with Gasteiger partial charge in [0.2, 0.25) is 5.91 Å². The molecule has 5 rings (SSSR count). The molecule has 3 aromatic rings. The number of fused-ring (bicyclic) bond motifs is 4. The molecule has 2 amide bonds. The predicted octanol–water partition coefficient (Wildman–Crippen LogP) is 4.40. The third-order valence-electron chi connectivity index (χ3n) is 6.81. The van der Waals surface area contributed by atoms with Crippen LogP contribution < -0.4 is 5.32 Å². The van der Waals surface area contributed by atoms with E-state index < -0.39 is 18.0 Å². The second-order valence-corrected chi connectivity index (χ2v) is 9.09. The van der Waals surface area contributed by atoms with E-state index in [2.05, 4.69) is 29.6 Å².